The van der Waals surface area contributed by atoms with Gasteiger partial charge in [-0.15, -0.1) is 12.4 Å². The van der Waals surface area contributed by atoms with Crippen LogP contribution in [0.3, 0.4) is 0 Å². The topological polar surface area (TPSA) is 60.9 Å². The van der Waals surface area contributed by atoms with Gasteiger partial charge in [0, 0.05) is 19.1 Å². The summed E-state index contributed by atoms with van der Waals surface area (Å²) in [6, 6.07) is 0.183. The molecule has 0 spiro atoms. The molecule has 2 saturated heterocycles. The maximum absolute atomic E-state index is 12.7. The third-order valence-corrected chi connectivity index (χ3v) is 4.86. The molecule has 2 heterocycles. The van der Waals surface area contributed by atoms with Gasteiger partial charge in [0.1, 0.15) is 0 Å². The van der Waals surface area contributed by atoms with Crippen molar-refractivity contribution in [3.05, 3.63) is 0 Å². The molecule has 1 amide bonds. The molecule has 0 bridgehead atoms. The molecule has 0 radical (unpaired) electrons. The van der Waals surface area contributed by atoms with Gasteiger partial charge < -0.3 is 10.0 Å². The highest BCUT2D eigenvalue weighted by molar-refractivity contribution is 5.85. The number of carboxylic acid groups (broad SMARTS) is 1. The summed E-state index contributed by atoms with van der Waals surface area (Å²) in [5.74, 6) is -0.868. The number of piperidine rings is 1. The highest BCUT2D eigenvalue weighted by atomic mass is 35.5. The molecule has 0 aromatic carbocycles. The number of hydrogen-bond acceptors (Lipinski definition) is 3. The molecule has 122 valence electrons. The first kappa shape index (κ1) is 18.2. The van der Waals surface area contributed by atoms with Crippen LogP contribution in [-0.4, -0.2) is 58.5 Å². The van der Waals surface area contributed by atoms with Crippen molar-refractivity contribution in [1.29, 1.82) is 0 Å². The fraction of sp³-hybridized carbons (Fsp3) is 0.867. The minimum Gasteiger partial charge on any atom is -0.481 e. The molecule has 2 rings (SSSR count). The van der Waals surface area contributed by atoms with Gasteiger partial charge in [-0.3, -0.25) is 14.5 Å². The number of nitrogens with zero attached hydrogens (tertiary/aromatic N) is 2. The van der Waals surface area contributed by atoms with Gasteiger partial charge in [-0.25, -0.2) is 0 Å². The molecule has 2 aliphatic rings. The Labute approximate surface area is 133 Å². The van der Waals surface area contributed by atoms with Crippen LogP contribution in [-0.2, 0) is 9.59 Å². The molecule has 0 aromatic rings. The van der Waals surface area contributed by atoms with E-state index in [1.54, 1.807) is 0 Å². The van der Waals surface area contributed by atoms with Crippen molar-refractivity contribution in [3.8, 4) is 0 Å². The first-order chi connectivity index (χ1) is 9.54. The van der Waals surface area contributed by atoms with Crippen LogP contribution in [0.25, 0.3) is 0 Å². The summed E-state index contributed by atoms with van der Waals surface area (Å²) in [6.07, 6.45) is 5.07. The van der Waals surface area contributed by atoms with Crippen LogP contribution in [0.1, 0.15) is 46.0 Å². The molecule has 2 fully saturated rings. The predicted octanol–water partition coefficient (Wildman–Crippen LogP) is 1.99. The van der Waals surface area contributed by atoms with E-state index in [0.717, 1.165) is 25.8 Å². The number of carbonyl (C=O) groups is 2. The number of aliphatic carboxylic acids is 1. The summed E-state index contributed by atoms with van der Waals surface area (Å²) >= 11 is 0. The lowest BCUT2D eigenvalue weighted by Gasteiger charge is -2.38. The molecule has 5 nitrogen and oxygen atoms in total. The van der Waals surface area contributed by atoms with Gasteiger partial charge >= 0.3 is 5.97 Å². The van der Waals surface area contributed by atoms with E-state index in [0.29, 0.717) is 25.6 Å². The lowest BCUT2D eigenvalue weighted by molar-refractivity contribution is -0.143. The van der Waals surface area contributed by atoms with Crippen LogP contribution < -0.4 is 0 Å². The van der Waals surface area contributed by atoms with E-state index >= 15 is 0 Å². The van der Waals surface area contributed by atoms with E-state index < -0.39 is 5.97 Å². The summed E-state index contributed by atoms with van der Waals surface area (Å²) in [6.45, 7) is 6.14. The lowest BCUT2D eigenvalue weighted by atomic mass is 9.99. The summed E-state index contributed by atoms with van der Waals surface area (Å²) < 4.78 is 0. The van der Waals surface area contributed by atoms with Crippen LogP contribution in [0.5, 0.6) is 0 Å². The Morgan fingerprint density at radius 3 is 2.52 bits per heavy atom. The third kappa shape index (κ3) is 4.10. The largest absolute Gasteiger partial charge is 0.481 e. The zero-order chi connectivity index (χ0) is 14.7. The number of rotatable bonds is 4. The van der Waals surface area contributed by atoms with Crippen LogP contribution in [0, 0.1) is 5.92 Å². The van der Waals surface area contributed by atoms with Gasteiger partial charge in [0.25, 0.3) is 0 Å². The molecule has 6 heteroatoms. The van der Waals surface area contributed by atoms with Gasteiger partial charge in [-0.1, -0.05) is 6.92 Å². The molecule has 0 aromatic heterocycles. The maximum Gasteiger partial charge on any atom is 0.307 e. The third-order valence-electron chi connectivity index (χ3n) is 4.86. The van der Waals surface area contributed by atoms with Crippen LogP contribution in [0.15, 0.2) is 0 Å². The van der Waals surface area contributed by atoms with Crippen molar-refractivity contribution in [3.63, 3.8) is 0 Å². The summed E-state index contributed by atoms with van der Waals surface area (Å²) in [7, 11) is 0. The zero-order valence-electron chi connectivity index (χ0n) is 13.0. The highest BCUT2D eigenvalue weighted by Crippen LogP contribution is 2.24. The van der Waals surface area contributed by atoms with E-state index in [4.69, 9.17) is 5.11 Å². The minimum atomic E-state index is -0.739. The van der Waals surface area contributed by atoms with Gasteiger partial charge in [0.05, 0.1) is 12.0 Å². The Bertz CT molecular complexity index is 378. The monoisotopic (exact) mass is 318 g/mol. The first-order valence-corrected chi connectivity index (χ1v) is 7.82. The molecular formula is C15H27ClN2O3. The molecule has 3 atom stereocenters. The number of amides is 1. The average Bonchev–Trinajstić information content (AvgIpc) is 2.95. The van der Waals surface area contributed by atoms with Gasteiger partial charge in [0.15, 0.2) is 0 Å². The smallest absolute Gasteiger partial charge is 0.307 e. The van der Waals surface area contributed by atoms with Crippen molar-refractivity contribution >= 4 is 24.3 Å². The zero-order valence-corrected chi connectivity index (χ0v) is 13.8. The second-order valence-electron chi connectivity index (χ2n) is 6.08. The van der Waals surface area contributed by atoms with E-state index in [1.165, 1.54) is 6.42 Å². The number of hydrogen-bond donors (Lipinski definition) is 1. The minimum absolute atomic E-state index is 0. The predicted molar refractivity (Wildman–Crippen MR) is 83.7 cm³/mol. The second kappa shape index (κ2) is 7.99. The Morgan fingerprint density at radius 1 is 1.24 bits per heavy atom. The van der Waals surface area contributed by atoms with Crippen LogP contribution in [0.4, 0.5) is 0 Å². The number of carbonyl (C=O) groups excluding carboxylic acids is 1. The van der Waals surface area contributed by atoms with Gasteiger partial charge in [-0.05, 0) is 45.6 Å². The molecule has 3 unspecified atom stereocenters. The molecule has 2 aliphatic heterocycles. The lowest BCUT2D eigenvalue weighted by Crippen LogP contribution is -2.51. The van der Waals surface area contributed by atoms with E-state index in [9.17, 15) is 9.59 Å². The Balaban J connectivity index is 0.00000220. The molecule has 21 heavy (non-hydrogen) atoms. The fourth-order valence-corrected chi connectivity index (χ4v) is 3.45. The van der Waals surface area contributed by atoms with E-state index in [1.807, 2.05) is 16.7 Å². The summed E-state index contributed by atoms with van der Waals surface area (Å²) in [4.78, 5) is 27.7. The standard InChI is InChI=1S/C15H26N2O3.ClH/c1-3-13-6-4-5-8-17(13)14(18)11(2)16-9-7-12(10-16)15(19)20;/h11-13H,3-10H2,1-2H3,(H,19,20);1H. The van der Waals surface area contributed by atoms with Crippen LogP contribution in [0.2, 0.25) is 0 Å². The van der Waals surface area contributed by atoms with E-state index in [-0.39, 0.29) is 30.3 Å². The molecule has 0 saturated carbocycles. The van der Waals surface area contributed by atoms with Crippen LogP contribution >= 0.6 is 12.4 Å². The van der Waals surface area contributed by atoms with Crippen molar-refractivity contribution in [1.82, 2.24) is 9.80 Å². The second-order valence-corrected chi connectivity index (χ2v) is 6.08. The molecule has 0 aliphatic carbocycles. The highest BCUT2D eigenvalue weighted by Gasteiger charge is 2.36. The van der Waals surface area contributed by atoms with Crippen molar-refractivity contribution in [2.75, 3.05) is 19.6 Å². The quantitative estimate of drug-likeness (QED) is 0.861. The molecular weight excluding hydrogens is 292 g/mol. The molecule has 1 N–H and O–H groups in total. The van der Waals surface area contributed by atoms with Crippen molar-refractivity contribution in [2.45, 2.75) is 58.0 Å². The van der Waals surface area contributed by atoms with Crippen molar-refractivity contribution < 1.29 is 14.7 Å². The Kier molecular flexibility index (Phi) is 6.94. The summed E-state index contributed by atoms with van der Waals surface area (Å²) in [5, 5.41) is 9.06. The number of carboxylic acids is 1. The van der Waals surface area contributed by atoms with Gasteiger partial charge in [-0.2, -0.15) is 0 Å². The van der Waals surface area contributed by atoms with Crippen molar-refractivity contribution in [2.24, 2.45) is 5.92 Å². The number of halogens is 1. The Hall–Kier alpha value is -0.810. The fourth-order valence-electron chi connectivity index (χ4n) is 3.45. The van der Waals surface area contributed by atoms with E-state index in [2.05, 4.69) is 6.92 Å². The SMILES string of the molecule is CCC1CCCCN1C(=O)C(C)N1CCC(C(=O)O)C1.Cl. The first-order valence-electron chi connectivity index (χ1n) is 7.82. The average molecular weight is 319 g/mol. The Morgan fingerprint density at radius 2 is 1.95 bits per heavy atom. The number of likely N-dealkylation sites (tertiary alicyclic amines) is 2. The maximum atomic E-state index is 12.7. The summed E-state index contributed by atoms with van der Waals surface area (Å²) in [5.41, 5.74) is 0. The normalized spacial score (nSPS) is 28.0. The van der Waals surface area contributed by atoms with Gasteiger partial charge in [0.2, 0.25) is 5.91 Å².